The van der Waals surface area contributed by atoms with E-state index in [1.807, 2.05) is 35.7 Å². The lowest BCUT2D eigenvalue weighted by molar-refractivity contribution is 0.602. The van der Waals surface area contributed by atoms with E-state index in [1.165, 1.54) is 29.4 Å². The zero-order valence-electron chi connectivity index (χ0n) is 11.9. The molecule has 2 aromatic carbocycles. The fraction of sp³-hybridized carbons (Fsp3) is 0.0625. The number of anilines is 2. The first kappa shape index (κ1) is 16.3. The largest absolute Gasteiger partial charge is 0.380 e. The average Bonchev–Trinajstić information content (AvgIpc) is 3.08. The van der Waals surface area contributed by atoms with Gasteiger partial charge in [-0.2, -0.15) is 0 Å². The molecular weight excluding hydrogens is 397 g/mol. The predicted octanol–water partition coefficient (Wildman–Crippen LogP) is 5.78. The molecule has 0 aliphatic heterocycles. The van der Waals surface area contributed by atoms with E-state index < -0.39 is 0 Å². The Hall–Kier alpha value is -1.57. The molecule has 0 aliphatic carbocycles. The van der Waals surface area contributed by atoms with Crippen molar-refractivity contribution in [1.29, 1.82) is 0 Å². The molecule has 1 aromatic heterocycles. The number of hydrogen-bond donors (Lipinski definition) is 2. The van der Waals surface area contributed by atoms with Crippen LogP contribution in [0, 0.1) is 5.82 Å². The molecule has 0 atom stereocenters. The van der Waals surface area contributed by atoms with Crippen LogP contribution in [0.2, 0.25) is 0 Å². The number of nitrogens with zero attached hydrogens (tertiary/aromatic N) is 1. The fourth-order valence-corrected chi connectivity index (χ4v) is 3.82. The second-order valence-electron chi connectivity index (χ2n) is 4.64. The van der Waals surface area contributed by atoms with Crippen molar-refractivity contribution in [3.8, 4) is 0 Å². The van der Waals surface area contributed by atoms with Crippen LogP contribution < -0.4 is 10.0 Å². The Labute approximate surface area is 150 Å². The summed E-state index contributed by atoms with van der Waals surface area (Å²) in [6.07, 6.45) is 1.70. The average molecular weight is 410 g/mol. The summed E-state index contributed by atoms with van der Waals surface area (Å²) in [5.74, 6) is -0.280. The minimum absolute atomic E-state index is 0.280. The van der Waals surface area contributed by atoms with Crippen molar-refractivity contribution in [3.05, 3.63) is 69.9 Å². The maximum Gasteiger partial charge on any atom is 0.192 e. The lowest BCUT2D eigenvalue weighted by Crippen LogP contribution is -2.01. The van der Waals surface area contributed by atoms with Gasteiger partial charge in [-0.3, -0.25) is 0 Å². The Kier molecular flexibility index (Phi) is 5.53. The normalized spacial score (nSPS) is 10.5. The summed E-state index contributed by atoms with van der Waals surface area (Å²) >= 11 is 6.17. The molecule has 0 bridgehead atoms. The first-order valence-electron chi connectivity index (χ1n) is 6.81. The molecule has 23 heavy (non-hydrogen) atoms. The van der Waals surface area contributed by atoms with Gasteiger partial charge in [0, 0.05) is 22.6 Å². The molecule has 0 aliphatic rings. The first-order valence-corrected chi connectivity index (χ1v) is 9.30. The zero-order chi connectivity index (χ0) is 16.1. The monoisotopic (exact) mass is 409 g/mol. The lowest BCUT2D eigenvalue weighted by Gasteiger charge is -2.11. The van der Waals surface area contributed by atoms with Gasteiger partial charge in [0.25, 0.3) is 0 Å². The number of halogens is 2. The predicted molar refractivity (Wildman–Crippen MR) is 99.5 cm³/mol. The SMILES string of the molecule is Fc1cc(NCc2ccccc2)c(Br)cc1SNc1nccs1. The first-order chi connectivity index (χ1) is 11.2. The molecule has 3 nitrogen and oxygen atoms in total. The van der Waals surface area contributed by atoms with Crippen LogP contribution in [0.1, 0.15) is 5.56 Å². The maximum absolute atomic E-state index is 14.2. The molecule has 0 spiro atoms. The van der Waals surface area contributed by atoms with Crippen LogP contribution >= 0.6 is 39.2 Å². The highest BCUT2D eigenvalue weighted by Crippen LogP contribution is 2.32. The third kappa shape index (κ3) is 4.46. The number of hydrogen-bond acceptors (Lipinski definition) is 5. The molecule has 1 heterocycles. The van der Waals surface area contributed by atoms with Gasteiger partial charge in [-0.1, -0.05) is 30.3 Å². The van der Waals surface area contributed by atoms with Gasteiger partial charge in [0.1, 0.15) is 5.82 Å². The van der Waals surface area contributed by atoms with E-state index in [2.05, 4.69) is 31.0 Å². The summed E-state index contributed by atoms with van der Waals surface area (Å²) < 4.78 is 18.1. The van der Waals surface area contributed by atoms with Crippen molar-refractivity contribution in [2.24, 2.45) is 0 Å². The van der Waals surface area contributed by atoms with E-state index in [-0.39, 0.29) is 5.82 Å². The maximum atomic E-state index is 14.2. The van der Waals surface area contributed by atoms with E-state index in [1.54, 1.807) is 12.3 Å². The summed E-state index contributed by atoms with van der Waals surface area (Å²) in [6, 6.07) is 13.2. The summed E-state index contributed by atoms with van der Waals surface area (Å²) in [6.45, 7) is 0.642. The fourth-order valence-electron chi connectivity index (χ4n) is 1.91. The van der Waals surface area contributed by atoms with E-state index in [4.69, 9.17) is 0 Å². The van der Waals surface area contributed by atoms with Crippen LogP contribution in [0.5, 0.6) is 0 Å². The van der Waals surface area contributed by atoms with E-state index >= 15 is 0 Å². The Bertz CT molecular complexity index is 767. The third-order valence-electron chi connectivity index (χ3n) is 3.03. The van der Waals surface area contributed by atoms with E-state index in [0.29, 0.717) is 11.4 Å². The van der Waals surface area contributed by atoms with Crippen molar-refractivity contribution in [1.82, 2.24) is 4.98 Å². The lowest BCUT2D eigenvalue weighted by atomic mass is 10.2. The second kappa shape index (κ2) is 7.81. The smallest absolute Gasteiger partial charge is 0.192 e. The molecule has 118 valence electrons. The topological polar surface area (TPSA) is 37.0 Å². The summed E-state index contributed by atoms with van der Waals surface area (Å²) in [5.41, 5.74) is 1.87. The Morgan fingerprint density at radius 1 is 1.22 bits per heavy atom. The molecule has 0 unspecified atom stereocenters. The third-order valence-corrected chi connectivity index (χ3v) is 5.33. The molecule has 2 N–H and O–H groups in total. The molecule has 3 aromatic rings. The highest BCUT2D eigenvalue weighted by molar-refractivity contribution is 9.10. The minimum atomic E-state index is -0.280. The van der Waals surface area contributed by atoms with Gasteiger partial charge in [-0.25, -0.2) is 9.37 Å². The van der Waals surface area contributed by atoms with Gasteiger partial charge in [-0.05, 0) is 45.6 Å². The molecule has 0 saturated heterocycles. The van der Waals surface area contributed by atoms with Crippen LogP contribution in [0.25, 0.3) is 0 Å². The number of thiazole rings is 1. The van der Waals surface area contributed by atoms with Gasteiger partial charge in [0.2, 0.25) is 0 Å². The van der Waals surface area contributed by atoms with Crippen LogP contribution in [0.15, 0.2) is 63.4 Å². The van der Waals surface area contributed by atoms with E-state index in [9.17, 15) is 4.39 Å². The number of rotatable bonds is 6. The summed E-state index contributed by atoms with van der Waals surface area (Å²) in [7, 11) is 0. The van der Waals surface area contributed by atoms with Gasteiger partial charge in [-0.15, -0.1) is 11.3 Å². The highest BCUT2D eigenvalue weighted by atomic mass is 79.9. The Morgan fingerprint density at radius 3 is 2.78 bits per heavy atom. The van der Waals surface area contributed by atoms with Crippen molar-refractivity contribution in [2.45, 2.75) is 11.4 Å². The van der Waals surface area contributed by atoms with Crippen LogP contribution in [0.3, 0.4) is 0 Å². The number of nitrogens with one attached hydrogen (secondary N) is 2. The molecule has 7 heteroatoms. The van der Waals surface area contributed by atoms with Gasteiger partial charge in [0.15, 0.2) is 5.13 Å². The van der Waals surface area contributed by atoms with Crippen molar-refractivity contribution >= 4 is 50.0 Å². The van der Waals surface area contributed by atoms with Gasteiger partial charge in [0.05, 0.1) is 10.6 Å². The van der Waals surface area contributed by atoms with Crippen molar-refractivity contribution < 1.29 is 4.39 Å². The van der Waals surface area contributed by atoms with Gasteiger partial charge >= 0.3 is 0 Å². The molecule has 0 radical (unpaired) electrons. The molecule has 3 rings (SSSR count). The zero-order valence-corrected chi connectivity index (χ0v) is 15.1. The van der Waals surface area contributed by atoms with Crippen molar-refractivity contribution in [2.75, 3.05) is 10.0 Å². The van der Waals surface area contributed by atoms with E-state index in [0.717, 1.165) is 20.9 Å². The molecular formula is C16H13BrFN3S2. The summed E-state index contributed by atoms with van der Waals surface area (Å²) in [4.78, 5) is 4.62. The second-order valence-corrected chi connectivity index (χ2v) is 7.24. The standard InChI is InChI=1S/C16H13BrFN3S2/c17-12-8-15(23-21-16-19-6-7-22-16)13(18)9-14(12)20-10-11-4-2-1-3-5-11/h1-9,20H,10H2,(H,19,21). The summed E-state index contributed by atoms with van der Waals surface area (Å²) in [5, 5.41) is 5.85. The van der Waals surface area contributed by atoms with Crippen LogP contribution in [-0.2, 0) is 6.54 Å². The Morgan fingerprint density at radius 2 is 2.04 bits per heavy atom. The number of aromatic nitrogens is 1. The quantitative estimate of drug-likeness (QED) is 0.506. The van der Waals surface area contributed by atoms with Crippen molar-refractivity contribution in [3.63, 3.8) is 0 Å². The Balaban J connectivity index is 1.67. The van der Waals surface area contributed by atoms with Crippen LogP contribution in [0.4, 0.5) is 15.2 Å². The molecule has 0 amide bonds. The molecule has 0 saturated carbocycles. The van der Waals surface area contributed by atoms with Crippen LogP contribution in [-0.4, -0.2) is 4.98 Å². The number of benzene rings is 2. The minimum Gasteiger partial charge on any atom is -0.380 e. The highest BCUT2D eigenvalue weighted by Gasteiger charge is 2.10. The molecule has 0 fully saturated rings. The van der Waals surface area contributed by atoms with Gasteiger partial charge < -0.3 is 10.0 Å².